The molecule has 0 aromatic heterocycles. The maximum absolute atomic E-state index is 2.48. The van der Waals surface area contributed by atoms with Crippen molar-refractivity contribution in [2.45, 2.75) is 19.3 Å². The second kappa shape index (κ2) is 12.9. The van der Waals surface area contributed by atoms with Gasteiger partial charge in [0.05, 0.1) is 0 Å². The lowest BCUT2D eigenvalue weighted by Crippen LogP contribution is -2.14. The third-order valence-corrected chi connectivity index (χ3v) is 13.2. The van der Waals surface area contributed by atoms with Gasteiger partial charge in [-0.15, -0.1) is 0 Å². The fourth-order valence-electron chi connectivity index (χ4n) is 10.2. The zero-order valence-electron chi connectivity index (χ0n) is 33.1. The molecular formula is C59H40. The molecule has 0 N–H and O–H groups in total. The van der Waals surface area contributed by atoms with Crippen LogP contribution in [0.2, 0.25) is 0 Å². The van der Waals surface area contributed by atoms with E-state index >= 15 is 0 Å². The summed E-state index contributed by atoms with van der Waals surface area (Å²) in [6.45, 7) is 4.76. The van der Waals surface area contributed by atoms with Crippen molar-refractivity contribution in [3.8, 4) is 55.6 Å². The van der Waals surface area contributed by atoms with Crippen LogP contribution < -0.4 is 0 Å². The molecule has 276 valence electrons. The van der Waals surface area contributed by atoms with Gasteiger partial charge in [0.25, 0.3) is 0 Å². The molecule has 12 rings (SSSR count). The molecule has 0 heteroatoms. The van der Waals surface area contributed by atoms with Crippen molar-refractivity contribution in [2.75, 3.05) is 0 Å². The lowest BCUT2D eigenvalue weighted by Gasteiger charge is -2.22. The summed E-state index contributed by atoms with van der Waals surface area (Å²) in [4.78, 5) is 0. The number of fused-ring (bicyclic) bond motifs is 10. The van der Waals surface area contributed by atoms with E-state index in [0.717, 1.165) is 0 Å². The van der Waals surface area contributed by atoms with Crippen molar-refractivity contribution in [1.82, 2.24) is 0 Å². The van der Waals surface area contributed by atoms with Crippen molar-refractivity contribution in [3.05, 3.63) is 217 Å². The highest BCUT2D eigenvalue weighted by Crippen LogP contribution is 2.51. The Morgan fingerprint density at radius 3 is 1.53 bits per heavy atom. The molecule has 0 nitrogen and oxygen atoms in total. The average Bonchev–Trinajstić information content (AvgIpc) is 3.53. The van der Waals surface area contributed by atoms with Crippen molar-refractivity contribution in [3.63, 3.8) is 0 Å². The normalized spacial score (nSPS) is 13.1. The van der Waals surface area contributed by atoms with Crippen molar-refractivity contribution < 1.29 is 0 Å². The molecule has 0 aliphatic heterocycles. The van der Waals surface area contributed by atoms with Crippen LogP contribution in [0.15, 0.2) is 206 Å². The first-order valence-corrected chi connectivity index (χ1v) is 20.7. The van der Waals surface area contributed by atoms with Gasteiger partial charge in [0.1, 0.15) is 0 Å². The Bertz CT molecular complexity index is 3510. The van der Waals surface area contributed by atoms with E-state index in [1.807, 2.05) is 0 Å². The molecule has 0 saturated carbocycles. The molecule has 0 bridgehead atoms. The topological polar surface area (TPSA) is 0 Å². The summed E-state index contributed by atoms with van der Waals surface area (Å²) in [6.07, 6.45) is 0. The summed E-state index contributed by atoms with van der Waals surface area (Å²) in [7, 11) is 0. The van der Waals surface area contributed by atoms with Gasteiger partial charge in [0.2, 0.25) is 0 Å². The predicted molar refractivity (Wildman–Crippen MR) is 253 cm³/mol. The van der Waals surface area contributed by atoms with Crippen LogP contribution in [0.4, 0.5) is 0 Å². The third-order valence-electron chi connectivity index (χ3n) is 13.2. The lowest BCUT2D eigenvalue weighted by molar-refractivity contribution is 0.660. The smallest absolute Gasteiger partial charge is 0.0159 e. The van der Waals surface area contributed by atoms with E-state index in [1.165, 1.54) is 121 Å². The highest BCUT2D eigenvalue weighted by molar-refractivity contribution is 6.18. The Balaban J connectivity index is 1.12. The zero-order valence-corrected chi connectivity index (χ0v) is 33.1. The van der Waals surface area contributed by atoms with Crippen LogP contribution in [0.25, 0.3) is 109 Å². The van der Waals surface area contributed by atoms with Gasteiger partial charge in [-0.25, -0.2) is 0 Å². The first-order chi connectivity index (χ1) is 29.0. The highest BCUT2D eigenvalue weighted by atomic mass is 14.4. The van der Waals surface area contributed by atoms with E-state index in [1.54, 1.807) is 0 Å². The minimum Gasteiger partial charge on any atom is -0.0622 e. The molecule has 0 fully saturated rings. The Kier molecular flexibility index (Phi) is 7.38. The van der Waals surface area contributed by atoms with Gasteiger partial charge in [0.15, 0.2) is 0 Å². The summed E-state index contributed by atoms with van der Waals surface area (Å²) in [5.74, 6) is 0. The summed E-state index contributed by atoms with van der Waals surface area (Å²) in [6, 6.07) is 77.2. The fraction of sp³-hybridized carbons (Fsp3) is 0.0508. The zero-order chi connectivity index (χ0) is 39.2. The number of hydrogen-bond acceptors (Lipinski definition) is 0. The number of hydrogen-bond donors (Lipinski definition) is 0. The third kappa shape index (κ3) is 5.23. The Morgan fingerprint density at radius 1 is 0.237 bits per heavy atom. The van der Waals surface area contributed by atoms with Crippen molar-refractivity contribution in [1.29, 1.82) is 0 Å². The molecule has 0 radical (unpaired) electrons. The van der Waals surface area contributed by atoms with Crippen LogP contribution in [0.3, 0.4) is 0 Å². The van der Waals surface area contributed by atoms with E-state index in [0.29, 0.717) is 0 Å². The predicted octanol–water partition coefficient (Wildman–Crippen LogP) is 16.4. The number of rotatable bonds is 4. The molecule has 11 aromatic rings. The maximum Gasteiger partial charge on any atom is 0.0159 e. The van der Waals surface area contributed by atoms with Crippen LogP contribution in [0.1, 0.15) is 25.0 Å². The van der Waals surface area contributed by atoms with Crippen LogP contribution >= 0.6 is 0 Å². The lowest BCUT2D eigenvalue weighted by atomic mass is 9.81. The van der Waals surface area contributed by atoms with Crippen LogP contribution in [-0.4, -0.2) is 0 Å². The molecule has 0 amide bonds. The second-order valence-electron chi connectivity index (χ2n) is 16.9. The standard InChI is InChI=1S/C59H40/c1-59(2)57-23-13-12-22-50(57)51-29-26-43(36-58(51)59)55-35-44-30-41(53-33-40-18-8-9-19-45(40)47-20-10-11-21-48(47)53)24-27-46(44)49-28-25-42(34-56(49)55)54-32-39-17-7-6-16-38(39)31-52(54)37-14-4-3-5-15-37/h3-36H,1-2H3. The van der Waals surface area contributed by atoms with Crippen molar-refractivity contribution in [2.24, 2.45) is 0 Å². The van der Waals surface area contributed by atoms with Crippen LogP contribution in [-0.2, 0) is 5.41 Å². The minimum absolute atomic E-state index is 0.0975. The molecule has 0 heterocycles. The largest absolute Gasteiger partial charge is 0.0622 e. The molecule has 11 aromatic carbocycles. The molecular weight excluding hydrogens is 709 g/mol. The van der Waals surface area contributed by atoms with Gasteiger partial charge in [-0.1, -0.05) is 178 Å². The Morgan fingerprint density at radius 2 is 0.729 bits per heavy atom. The highest BCUT2D eigenvalue weighted by Gasteiger charge is 2.35. The summed E-state index contributed by atoms with van der Waals surface area (Å²) < 4.78 is 0. The SMILES string of the molecule is CC1(C)c2ccccc2-c2ccc(-c3cc4cc(-c5cc6ccccc6c6ccccc56)ccc4c4ccc(-c5cc6ccccc6cc5-c5ccccc5)cc34)cc21. The molecule has 0 unspecified atom stereocenters. The molecule has 1 aliphatic carbocycles. The van der Waals surface area contributed by atoms with Gasteiger partial charge < -0.3 is 0 Å². The summed E-state index contributed by atoms with van der Waals surface area (Å²) in [5, 5.41) is 12.7. The first kappa shape index (κ1) is 33.8. The monoisotopic (exact) mass is 748 g/mol. The van der Waals surface area contributed by atoms with Gasteiger partial charge in [0, 0.05) is 5.41 Å². The van der Waals surface area contributed by atoms with E-state index in [-0.39, 0.29) is 5.41 Å². The Labute approximate surface area is 344 Å². The maximum atomic E-state index is 2.48. The molecule has 0 saturated heterocycles. The average molecular weight is 749 g/mol. The summed E-state index contributed by atoms with van der Waals surface area (Å²) in [5.41, 5.74) is 15.3. The second-order valence-corrected chi connectivity index (χ2v) is 16.9. The molecule has 0 atom stereocenters. The fourth-order valence-corrected chi connectivity index (χ4v) is 10.2. The van der Waals surface area contributed by atoms with Gasteiger partial charge in [-0.05, 0) is 163 Å². The molecule has 1 aliphatic rings. The van der Waals surface area contributed by atoms with Gasteiger partial charge in [-0.2, -0.15) is 0 Å². The van der Waals surface area contributed by atoms with Gasteiger partial charge in [-0.3, -0.25) is 0 Å². The van der Waals surface area contributed by atoms with Crippen LogP contribution in [0, 0.1) is 0 Å². The minimum atomic E-state index is -0.0975. The van der Waals surface area contributed by atoms with E-state index in [2.05, 4.69) is 220 Å². The quantitative estimate of drug-likeness (QED) is 0.157. The number of benzene rings is 11. The van der Waals surface area contributed by atoms with Crippen LogP contribution in [0.5, 0.6) is 0 Å². The van der Waals surface area contributed by atoms with E-state index in [9.17, 15) is 0 Å². The Hall–Kier alpha value is -7.28. The summed E-state index contributed by atoms with van der Waals surface area (Å²) >= 11 is 0. The van der Waals surface area contributed by atoms with E-state index in [4.69, 9.17) is 0 Å². The van der Waals surface area contributed by atoms with Crippen molar-refractivity contribution >= 4 is 53.9 Å². The van der Waals surface area contributed by atoms with Gasteiger partial charge >= 0.3 is 0 Å². The molecule has 0 spiro atoms. The molecule has 59 heavy (non-hydrogen) atoms. The first-order valence-electron chi connectivity index (χ1n) is 20.7. The van der Waals surface area contributed by atoms with E-state index < -0.39 is 0 Å².